The van der Waals surface area contributed by atoms with Crippen molar-refractivity contribution >= 4 is 39.3 Å². The molecule has 1 aliphatic heterocycles. The standard InChI is InChI=1S/C20H18N4O5S2/c25-19(13-30-15-4-7-17-18(12-15)29-11-10-28-17)23-14-2-5-16(6-3-14)31(26,27)24-20-21-8-1-9-22-20/h1-9,12H,10-11,13H2,(H,23,25)(H,21,22,24). The molecule has 4 rings (SSSR count). The van der Waals surface area contributed by atoms with Crippen LogP contribution >= 0.6 is 11.8 Å². The third-order valence-electron chi connectivity index (χ3n) is 4.12. The van der Waals surface area contributed by atoms with Gasteiger partial charge in [0.25, 0.3) is 10.0 Å². The zero-order valence-electron chi connectivity index (χ0n) is 16.1. The topological polar surface area (TPSA) is 120 Å². The number of anilines is 2. The summed E-state index contributed by atoms with van der Waals surface area (Å²) >= 11 is 1.36. The van der Waals surface area contributed by atoms with Crippen molar-refractivity contribution in [1.29, 1.82) is 0 Å². The summed E-state index contributed by atoms with van der Waals surface area (Å²) in [5, 5.41) is 2.75. The molecule has 2 N–H and O–H groups in total. The first kappa shape index (κ1) is 20.9. The van der Waals surface area contributed by atoms with E-state index in [2.05, 4.69) is 20.0 Å². The predicted molar refractivity (Wildman–Crippen MR) is 116 cm³/mol. The highest BCUT2D eigenvalue weighted by Gasteiger charge is 2.16. The molecular formula is C20H18N4O5S2. The quantitative estimate of drug-likeness (QED) is 0.519. The summed E-state index contributed by atoms with van der Waals surface area (Å²) in [7, 11) is -3.83. The molecule has 1 amide bonds. The molecule has 0 aliphatic carbocycles. The first-order valence-corrected chi connectivity index (χ1v) is 11.7. The third kappa shape index (κ3) is 5.44. The second-order valence-electron chi connectivity index (χ2n) is 6.34. The summed E-state index contributed by atoms with van der Waals surface area (Å²) in [5.74, 6) is 1.32. The van der Waals surface area contributed by atoms with Crippen molar-refractivity contribution in [2.45, 2.75) is 9.79 Å². The van der Waals surface area contributed by atoms with Crippen molar-refractivity contribution in [3.8, 4) is 11.5 Å². The SMILES string of the molecule is O=C(CSc1ccc2c(c1)OCCO2)Nc1ccc(S(=O)(=O)Nc2ncccn2)cc1. The van der Waals surface area contributed by atoms with Gasteiger partial charge in [-0.25, -0.2) is 23.1 Å². The van der Waals surface area contributed by atoms with Gasteiger partial charge < -0.3 is 14.8 Å². The van der Waals surface area contributed by atoms with Gasteiger partial charge in [-0.2, -0.15) is 0 Å². The van der Waals surface area contributed by atoms with E-state index in [0.29, 0.717) is 30.4 Å². The highest BCUT2D eigenvalue weighted by molar-refractivity contribution is 8.00. The number of rotatable bonds is 7. The van der Waals surface area contributed by atoms with E-state index in [1.165, 1.54) is 48.4 Å². The Balaban J connectivity index is 1.33. The maximum atomic E-state index is 12.4. The number of nitrogens with zero attached hydrogens (tertiary/aromatic N) is 2. The Labute approximate surface area is 183 Å². The van der Waals surface area contributed by atoms with Crippen molar-refractivity contribution in [3.05, 3.63) is 60.9 Å². The van der Waals surface area contributed by atoms with Gasteiger partial charge in [0.05, 0.1) is 10.6 Å². The van der Waals surface area contributed by atoms with E-state index in [1.54, 1.807) is 6.07 Å². The van der Waals surface area contributed by atoms with Crippen molar-refractivity contribution in [1.82, 2.24) is 9.97 Å². The van der Waals surface area contributed by atoms with Crippen LogP contribution < -0.4 is 19.5 Å². The van der Waals surface area contributed by atoms with Crippen molar-refractivity contribution in [2.75, 3.05) is 29.0 Å². The molecular weight excluding hydrogens is 440 g/mol. The van der Waals surface area contributed by atoms with Crippen molar-refractivity contribution in [2.24, 2.45) is 0 Å². The Hall–Kier alpha value is -3.31. The number of aromatic nitrogens is 2. The number of amides is 1. The fraction of sp³-hybridized carbons (Fsp3) is 0.150. The Morgan fingerprint density at radius 3 is 2.45 bits per heavy atom. The maximum Gasteiger partial charge on any atom is 0.264 e. The van der Waals surface area contributed by atoms with Gasteiger partial charge in [-0.15, -0.1) is 11.8 Å². The lowest BCUT2D eigenvalue weighted by atomic mass is 10.3. The van der Waals surface area contributed by atoms with Crippen LogP contribution in [0.4, 0.5) is 11.6 Å². The van der Waals surface area contributed by atoms with Crippen LogP contribution in [0.1, 0.15) is 0 Å². The van der Waals surface area contributed by atoms with E-state index in [-0.39, 0.29) is 22.5 Å². The number of carbonyl (C=O) groups is 1. The number of hydrogen-bond donors (Lipinski definition) is 2. The number of benzene rings is 2. The number of fused-ring (bicyclic) bond motifs is 1. The molecule has 1 aromatic heterocycles. The summed E-state index contributed by atoms with van der Waals surface area (Å²) in [6.45, 7) is 1.03. The highest BCUT2D eigenvalue weighted by Crippen LogP contribution is 2.34. The molecule has 31 heavy (non-hydrogen) atoms. The van der Waals surface area contributed by atoms with Crippen molar-refractivity contribution in [3.63, 3.8) is 0 Å². The van der Waals surface area contributed by atoms with Crippen LogP contribution in [0.3, 0.4) is 0 Å². The number of thioether (sulfide) groups is 1. The number of nitrogens with one attached hydrogen (secondary N) is 2. The number of ether oxygens (including phenoxy) is 2. The number of sulfonamides is 1. The highest BCUT2D eigenvalue weighted by atomic mass is 32.2. The van der Waals surface area contributed by atoms with E-state index >= 15 is 0 Å². The van der Waals surface area contributed by atoms with Gasteiger partial charge in [-0.1, -0.05) is 0 Å². The van der Waals surface area contributed by atoms with Crippen LogP contribution in [0, 0.1) is 0 Å². The molecule has 0 unspecified atom stereocenters. The van der Waals surface area contributed by atoms with E-state index in [9.17, 15) is 13.2 Å². The molecule has 0 spiro atoms. The van der Waals surface area contributed by atoms with Gasteiger partial charge in [-0.3, -0.25) is 4.79 Å². The van der Waals surface area contributed by atoms with Crippen molar-refractivity contribution < 1.29 is 22.7 Å². The lowest BCUT2D eigenvalue weighted by Gasteiger charge is -2.18. The van der Waals surface area contributed by atoms with Gasteiger partial charge in [-0.05, 0) is 48.5 Å². The Kier molecular flexibility index (Phi) is 6.23. The minimum absolute atomic E-state index is 0.0176. The molecule has 0 fully saturated rings. The van der Waals surface area contributed by atoms with Crippen LogP contribution in [0.5, 0.6) is 11.5 Å². The van der Waals surface area contributed by atoms with Crippen LogP contribution in [0.25, 0.3) is 0 Å². The summed E-state index contributed by atoms with van der Waals surface area (Å²) < 4.78 is 38.1. The molecule has 0 saturated heterocycles. The zero-order valence-corrected chi connectivity index (χ0v) is 17.8. The van der Waals surface area contributed by atoms with E-state index in [4.69, 9.17) is 9.47 Å². The molecule has 0 bridgehead atoms. The molecule has 3 aromatic rings. The molecule has 11 heteroatoms. The summed E-state index contributed by atoms with van der Waals surface area (Å²) in [6, 6.07) is 13.0. The molecule has 0 radical (unpaired) electrons. The fourth-order valence-electron chi connectivity index (χ4n) is 2.71. The monoisotopic (exact) mass is 458 g/mol. The molecule has 9 nitrogen and oxygen atoms in total. The fourth-order valence-corrected chi connectivity index (χ4v) is 4.39. The predicted octanol–water partition coefficient (Wildman–Crippen LogP) is 2.78. The normalized spacial score (nSPS) is 12.8. The third-order valence-corrected chi connectivity index (χ3v) is 6.46. The smallest absolute Gasteiger partial charge is 0.264 e. The molecule has 2 heterocycles. The van der Waals surface area contributed by atoms with Gasteiger partial charge in [0.2, 0.25) is 11.9 Å². The molecule has 0 saturated carbocycles. The van der Waals surface area contributed by atoms with Crippen LogP contribution in [-0.4, -0.2) is 43.3 Å². The van der Waals surface area contributed by atoms with Crippen LogP contribution in [0.2, 0.25) is 0 Å². The maximum absolute atomic E-state index is 12.4. The number of hydrogen-bond acceptors (Lipinski definition) is 8. The van der Waals surface area contributed by atoms with Gasteiger partial charge in [0, 0.05) is 23.0 Å². The first-order valence-electron chi connectivity index (χ1n) is 9.22. The van der Waals surface area contributed by atoms with Crippen LogP contribution in [0.15, 0.2) is 70.7 Å². The first-order chi connectivity index (χ1) is 15.0. The van der Waals surface area contributed by atoms with Gasteiger partial charge in [0.15, 0.2) is 11.5 Å². The summed E-state index contributed by atoms with van der Waals surface area (Å²) in [6.07, 6.45) is 2.87. The average molecular weight is 459 g/mol. The Morgan fingerprint density at radius 2 is 1.71 bits per heavy atom. The Bertz CT molecular complexity index is 1170. The largest absolute Gasteiger partial charge is 0.486 e. The molecule has 0 atom stereocenters. The second-order valence-corrected chi connectivity index (χ2v) is 9.08. The average Bonchev–Trinajstić information content (AvgIpc) is 2.78. The van der Waals surface area contributed by atoms with Gasteiger partial charge in [0.1, 0.15) is 13.2 Å². The van der Waals surface area contributed by atoms with E-state index in [1.807, 2.05) is 18.2 Å². The van der Waals surface area contributed by atoms with E-state index < -0.39 is 10.0 Å². The molecule has 1 aliphatic rings. The van der Waals surface area contributed by atoms with Crippen LogP contribution in [-0.2, 0) is 14.8 Å². The lowest BCUT2D eigenvalue weighted by molar-refractivity contribution is -0.113. The Morgan fingerprint density at radius 1 is 1.00 bits per heavy atom. The van der Waals surface area contributed by atoms with E-state index in [0.717, 1.165) is 4.90 Å². The molecule has 160 valence electrons. The number of carbonyl (C=O) groups excluding carboxylic acids is 1. The molecule has 2 aromatic carbocycles. The summed E-state index contributed by atoms with van der Waals surface area (Å²) in [4.78, 5) is 20.9. The lowest BCUT2D eigenvalue weighted by Crippen LogP contribution is -2.16. The minimum Gasteiger partial charge on any atom is -0.486 e. The van der Waals surface area contributed by atoms with Gasteiger partial charge >= 0.3 is 0 Å². The zero-order chi connectivity index (χ0) is 21.7. The summed E-state index contributed by atoms with van der Waals surface area (Å²) in [5.41, 5.74) is 0.489. The minimum atomic E-state index is -3.83. The second kappa shape index (κ2) is 9.23.